The SMILES string of the molecule is CCCCCCCC(=O)Cc1ccoc1. The van der Waals surface area contributed by atoms with E-state index in [1.807, 2.05) is 6.07 Å². The number of Topliss-reactive ketones (excluding diaryl/α,β-unsaturated/α-hetero) is 1. The van der Waals surface area contributed by atoms with Gasteiger partial charge in [-0.05, 0) is 18.1 Å². The molecule has 1 aromatic rings. The monoisotopic (exact) mass is 208 g/mol. The molecule has 0 unspecified atom stereocenters. The molecule has 1 heterocycles. The van der Waals surface area contributed by atoms with Crippen molar-refractivity contribution >= 4 is 5.78 Å². The van der Waals surface area contributed by atoms with Crippen LogP contribution in [0.4, 0.5) is 0 Å². The first kappa shape index (κ1) is 12.0. The highest BCUT2D eigenvalue weighted by atomic mass is 16.3. The fourth-order valence-corrected chi connectivity index (χ4v) is 1.64. The number of hydrogen-bond donors (Lipinski definition) is 0. The predicted octanol–water partition coefficient (Wildman–Crippen LogP) is 3.75. The van der Waals surface area contributed by atoms with Crippen molar-refractivity contribution in [3.63, 3.8) is 0 Å². The van der Waals surface area contributed by atoms with Gasteiger partial charge in [-0.2, -0.15) is 0 Å². The Hall–Kier alpha value is -1.05. The summed E-state index contributed by atoms with van der Waals surface area (Å²) >= 11 is 0. The minimum Gasteiger partial charge on any atom is -0.472 e. The van der Waals surface area contributed by atoms with Crippen molar-refractivity contribution in [3.8, 4) is 0 Å². The van der Waals surface area contributed by atoms with Gasteiger partial charge in [0.15, 0.2) is 0 Å². The summed E-state index contributed by atoms with van der Waals surface area (Å²) < 4.78 is 4.92. The third-order valence-electron chi connectivity index (χ3n) is 2.54. The van der Waals surface area contributed by atoms with Gasteiger partial charge in [0, 0.05) is 12.8 Å². The van der Waals surface area contributed by atoms with Gasteiger partial charge in [-0.3, -0.25) is 4.79 Å². The van der Waals surface area contributed by atoms with Gasteiger partial charge in [0.05, 0.1) is 12.5 Å². The van der Waals surface area contributed by atoms with Crippen LogP contribution in [0.2, 0.25) is 0 Å². The van der Waals surface area contributed by atoms with Crippen LogP contribution in [0.15, 0.2) is 23.0 Å². The Kier molecular flexibility index (Phi) is 5.83. The smallest absolute Gasteiger partial charge is 0.137 e. The molecule has 1 aromatic heterocycles. The van der Waals surface area contributed by atoms with E-state index in [0.29, 0.717) is 12.2 Å². The molecule has 2 nitrogen and oxygen atoms in total. The number of furan rings is 1. The van der Waals surface area contributed by atoms with Gasteiger partial charge in [-0.1, -0.05) is 32.6 Å². The summed E-state index contributed by atoms with van der Waals surface area (Å²) in [4.78, 5) is 11.5. The number of ketones is 1. The Bertz CT molecular complexity index is 262. The molecule has 0 aliphatic rings. The second kappa shape index (κ2) is 7.27. The molecule has 84 valence electrons. The molecule has 0 fully saturated rings. The summed E-state index contributed by atoms with van der Waals surface area (Å²) in [6, 6.07) is 1.86. The standard InChI is InChI=1S/C13H20O2/c1-2-3-4-5-6-7-13(14)10-12-8-9-15-11-12/h8-9,11H,2-7,10H2,1H3. The van der Waals surface area contributed by atoms with Crippen LogP contribution in [-0.2, 0) is 11.2 Å². The lowest BCUT2D eigenvalue weighted by Crippen LogP contribution is -2.01. The average Bonchev–Trinajstić information content (AvgIpc) is 2.70. The fraction of sp³-hybridized carbons (Fsp3) is 0.615. The first-order valence-corrected chi connectivity index (χ1v) is 5.85. The summed E-state index contributed by atoms with van der Waals surface area (Å²) in [5.74, 6) is 0.327. The topological polar surface area (TPSA) is 30.2 Å². The van der Waals surface area contributed by atoms with E-state index in [1.165, 1.54) is 25.7 Å². The molecular weight excluding hydrogens is 188 g/mol. The van der Waals surface area contributed by atoms with Gasteiger partial charge in [0.25, 0.3) is 0 Å². The Balaban J connectivity index is 2.04. The number of hydrogen-bond acceptors (Lipinski definition) is 2. The van der Waals surface area contributed by atoms with Crippen LogP contribution in [0, 0.1) is 0 Å². The lowest BCUT2D eigenvalue weighted by Gasteiger charge is -1.99. The first-order chi connectivity index (χ1) is 7.33. The number of carbonyl (C=O) groups is 1. The third kappa shape index (κ3) is 5.40. The van der Waals surface area contributed by atoms with E-state index in [9.17, 15) is 4.79 Å². The van der Waals surface area contributed by atoms with Crippen molar-refractivity contribution < 1.29 is 9.21 Å². The van der Waals surface area contributed by atoms with E-state index < -0.39 is 0 Å². The zero-order chi connectivity index (χ0) is 10.9. The highest BCUT2D eigenvalue weighted by molar-refractivity contribution is 5.80. The van der Waals surface area contributed by atoms with Crippen LogP contribution in [0.1, 0.15) is 51.0 Å². The molecule has 0 amide bonds. The van der Waals surface area contributed by atoms with Crippen LogP contribution in [0.5, 0.6) is 0 Å². The molecule has 0 atom stereocenters. The van der Waals surface area contributed by atoms with Gasteiger partial charge in [-0.15, -0.1) is 0 Å². The van der Waals surface area contributed by atoms with E-state index >= 15 is 0 Å². The maximum Gasteiger partial charge on any atom is 0.137 e. The average molecular weight is 208 g/mol. The number of rotatable bonds is 8. The Morgan fingerprint density at radius 1 is 1.27 bits per heavy atom. The lowest BCUT2D eigenvalue weighted by molar-refractivity contribution is -0.118. The van der Waals surface area contributed by atoms with E-state index in [2.05, 4.69) is 6.92 Å². The molecule has 15 heavy (non-hydrogen) atoms. The third-order valence-corrected chi connectivity index (χ3v) is 2.54. The molecule has 0 saturated heterocycles. The van der Waals surface area contributed by atoms with E-state index in [-0.39, 0.29) is 0 Å². The van der Waals surface area contributed by atoms with E-state index in [0.717, 1.165) is 18.4 Å². The zero-order valence-corrected chi connectivity index (χ0v) is 9.50. The second-order valence-electron chi connectivity index (χ2n) is 4.01. The van der Waals surface area contributed by atoms with Gasteiger partial charge < -0.3 is 4.42 Å². The highest BCUT2D eigenvalue weighted by Crippen LogP contribution is 2.08. The predicted molar refractivity (Wildman–Crippen MR) is 60.8 cm³/mol. The van der Waals surface area contributed by atoms with E-state index in [4.69, 9.17) is 4.42 Å². The van der Waals surface area contributed by atoms with Crippen molar-refractivity contribution in [1.29, 1.82) is 0 Å². The Morgan fingerprint density at radius 3 is 2.73 bits per heavy atom. The van der Waals surface area contributed by atoms with Crippen molar-refractivity contribution in [2.45, 2.75) is 51.9 Å². The lowest BCUT2D eigenvalue weighted by atomic mass is 10.1. The van der Waals surface area contributed by atoms with Crippen LogP contribution in [-0.4, -0.2) is 5.78 Å². The summed E-state index contributed by atoms with van der Waals surface area (Å²) in [6.07, 6.45) is 10.5. The van der Waals surface area contributed by atoms with Crippen LogP contribution >= 0.6 is 0 Å². The zero-order valence-electron chi connectivity index (χ0n) is 9.50. The minimum absolute atomic E-state index is 0.327. The van der Waals surface area contributed by atoms with Gasteiger partial charge in [0.1, 0.15) is 5.78 Å². The van der Waals surface area contributed by atoms with Crippen molar-refractivity contribution in [3.05, 3.63) is 24.2 Å². The van der Waals surface area contributed by atoms with Gasteiger partial charge in [0.2, 0.25) is 0 Å². The number of carbonyl (C=O) groups excluding carboxylic acids is 1. The molecule has 0 aromatic carbocycles. The Morgan fingerprint density at radius 2 is 2.07 bits per heavy atom. The normalized spacial score (nSPS) is 10.5. The second-order valence-corrected chi connectivity index (χ2v) is 4.01. The molecule has 0 radical (unpaired) electrons. The fourth-order valence-electron chi connectivity index (χ4n) is 1.64. The Labute approximate surface area is 91.7 Å². The minimum atomic E-state index is 0.327. The summed E-state index contributed by atoms with van der Waals surface area (Å²) in [6.45, 7) is 2.20. The number of unbranched alkanes of at least 4 members (excludes halogenated alkanes) is 4. The van der Waals surface area contributed by atoms with Crippen LogP contribution in [0.25, 0.3) is 0 Å². The molecular formula is C13H20O2. The molecule has 1 rings (SSSR count). The molecule has 0 aliphatic carbocycles. The van der Waals surface area contributed by atoms with Gasteiger partial charge >= 0.3 is 0 Å². The molecule has 0 N–H and O–H groups in total. The summed E-state index contributed by atoms with van der Waals surface area (Å²) in [5.41, 5.74) is 0.994. The van der Waals surface area contributed by atoms with Crippen LogP contribution in [0.3, 0.4) is 0 Å². The quantitative estimate of drug-likeness (QED) is 0.609. The van der Waals surface area contributed by atoms with Gasteiger partial charge in [-0.25, -0.2) is 0 Å². The van der Waals surface area contributed by atoms with E-state index in [1.54, 1.807) is 12.5 Å². The van der Waals surface area contributed by atoms with Crippen molar-refractivity contribution in [2.75, 3.05) is 0 Å². The summed E-state index contributed by atoms with van der Waals surface area (Å²) in [5, 5.41) is 0. The first-order valence-electron chi connectivity index (χ1n) is 5.85. The molecule has 0 bridgehead atoms. The van der Waals surface area contributed by atoms with Crippen molar-refractivity contribution in [2.24, 2.45) is 0 Å². The maximum absolute atomic E-state index is 11.5. The molecule has 0 saturated carbocycles. The van der Waals surface area contributed by atoms with Crippen molar-refractivity contribution in [1.82, 2.24) is 0 Å². The highest BCUT2D eigenvalue weighted by Gasteiger charge is 2.04. The molecule has 0 spiro atoms. The molecule has 0 aliphatic heterocycles. The van der Waals surface area contributed by atoms with Crippen LogP contribution < -0.4 is 0 Å². The maximum atomic E-state index is 11.5. The summed E-state index contributed by atoms with van der Waals surface area (Å²) in [7, 11) is 0. The molecule has 2 heteroatoms. The largest absolute Gasteiger partial charge is 0.472 e.